The van der Waals surface area contributed by atoms with Crippen LogP contribution in [0.1, 0.15) is 18.1 Å². The van der Waals surface area contributed by atoms with Gasteiger partial charge in [-0.05, 0) is 30.3 Å². The smallest absolute Gasteiger partial charge is 0.161 e. The Morgan fingerprint density at radius 2 is 1.90 bits per heavy atom. The zero-order chi connectivity index (χ0) is 21.4. The van der Waals surface area contributed by atoms with E-state index in [9.17, 15) is 5.11 Å². The summed E-state index contributed by atoms with van der Waals surface area (Å²) in [4.78, 5) is 2.09. The van der Waals surface area contributed by atoms with E-state index in [1.165, 1.54) is 5.56 Å². The number of likely N-dealkylation sites (N-methyl/N-ethyl adjacent to an activating group) is 1. The minimum absolute atomic E-state index is 0.210. The minimum Gasteiger partial charge on any atom is -0.493 e. The lowest BCUT2D eigenvalue weighted by molar-refractivity contribution is -0.0991. The number of benzene rings is 2. The highest BCUT2D eigenvalue weighted by atomic mass is 16.5. The van der Waals surface area contributed by atoms with Gasteiger partial charge in [0.1, 0.15) is 12.7 Å². The van der Waals surface area contributed by atoms with Gasteiger partial charge in [-0.1, -0.05) is 43.3 Å². The normalized spacial score (nSPS) is 16.2. The lowest BCUT2D eigenvalue weighted by Crippen LogP contribution is -2.47. The van der Waals surface area contributed by atoms with Crippen molar-refractivity contribution < 1.29 is 19.3 Å². The Morgan fingerprint density at radius 3 is 2.57 bits per heavy atom. The number of nitrogens with one attached hydrogen (secondary N) is 1. The first kappa shape index (κ1) is 22.6. The van der Waals surface area contributed by atoms with Crippen molar-refractivity contribution in [2.24, 2.45) is 5.41 Å². The third-order valence-corrected chi connectivity index (χ3v) is 5.26. The molecule has 6 nitrogen and oxygen atoms in total. The number of hydrogen-bond donors (Lipinski definition) is 2. The highest BCUT2D eigenvalue weighted by Gasteiger charge is 2.32. The van der Waals surface area contributed by atoms with E-state index in [0.717, 1.165) is 38.4 Å². The Kier molecular flexibility index (Phi) is 8.10. The van der Waals surface area contributed by atoms with Gasteiger partial charge in [0.2, 0.25) is 0 Å². The molecule has 6 heteroatoms. The predicted octanol–water partition coefficient (Wildman–Crippen LogP) is 2.69. The molecule has 0 radical (unpaired) electrons. The van der Waals surface area contributed by atoms with Crippen molar-refractivity contribution in [3.05, 3.63) is 59.7 Å². The van der Waals surface area contributed by atoms with Crippen molar-refractivity contribution in [3.63, 3.8) is 0 Å². The Bertz CT molecular complexity index is 780. The van der Waals surface area contributed by atoms with Crippen molar-refractivity contribution in [1.82, 2.24) is 10.2 Å². The minimum atomic E-state index is -0.594. The number of aliphatic hydroxyl groups is 1. The van der Waals surface area contributed by atoms with Crippen LogP contribution < -0.4 is 14.8 Å². The van der Waals surface area contributed by atoms with E-state index in [0.29, 0.717) is 18.0 Å². The molecule has 1 atom stereocenters. The molecule has 1 saturated heterocycles. The summed E-state index contributed by atoms with van der Waals surface area (Å²) in [6, 6.07) is 16.1. The van der Waals surface area contributed by atoms with Crippen LogP contribution in [0.3, 0.4) is 0 Å². The van der Waals surface area contributed by atoms with E-state index in [2.05, 4.69) is 29.3 Å². The molecule has 0 amide bonds. The molecule has 1 aliphatic heterocycles. The number of rotatable bonds is 12. The summed E-state index contributed by atoms with van der Waals surface area (Å²) in [6.07, 6.45) is -0.594. The van der Waals surface area contributed by atoms with Crippen molar-refractivity contribution in [3.8, 4) is 11.5 Å². The average molecular weight is 415 g/mol. The Balaban J connectivity index is 1.47. The first-order valence-corrected chi connectivity index (χ1v) is 10.5. The third kappa shape index (κ3) is 6.71. The number of hydrogen-bond acceptors (Lipinski definition) is 6. The van der Waals surface area contributed by atoms with E-state index in [1.54, 1.807) is 7.11 Å². The molecular weight excluding hydrogens is 380 g/mol. The molecule has 0 spiro atoms. The number of aliphatic hydroxyl groups excluding tert-OH is 1. The topological polar surface area (TPSA) is 63.2 Å². The number of methoxy groups -OCH3 is 1. The Hall–Kier alpha value is -2.12. The molecule has 30 heavy (non-hydrogen) atoms. The van der Waals surface area contributed by atoms with Crippen LogP contribution >= 0.6 is 0 Å². The summed E-state index contributed by atoms with van der Waals surface area (Å²) in [5.41, 5.74) is 2.57. The molecule has 0 aliphatic carbocycles. The summed E-state index contributed by atoms with van der Waals surface area (Å²) in [5, 5.41) is 13.9. The van der Waals surface area contributed by atoms with Crippen molar-refractivity contribution in [2.75, 3.05) is 47.1 Å². The standard InChI is InChI=1S/C24H34N2O4/c1-24(17-29-18-24)16-25-12-20-9-10-22(28-3)23(11-20)30-15-21(27)14-26(2)13-19-7-5-4-6-8-19/h4-11,21,25,27H,12-18H2,1-3H3/t21-/m0/s1. The van der Waals surface area contributed by atoms with Crippen molar-refractivity contribution in [1.29, 1.82) is 0 Å². The molecule has 2 N–H and O–H groups in total. The monoisotopic (exact) mass is 414 g/mol. The van der Waals surface area contributed by atoms with Crippen LogP contribution in [0, 0.1) is 5.41 Å². The second kappa shape index (κ2) is 10.8. The van der Waals surface area contributed by atoms with Crippen molar-refractivity contribution in [2.45, 2.75) is 26.1 Å². The van der Waals surface area contributed by atoms with Gasteiger partial charge >= 0.3 is 0 Å². The van der Waals surface area contributed by atoms with Gasteiger partial charge in [0, 0.05) is 31.6 Å². The Labute approximate surface area is 179 Å². The van der Waals surface area contributed by atoms with Gasteiger partial charge in [-0.15, -0.1) is 0 Å². The lowest BCUT2D eigenvalue weighted by Gasteiger charge is -2.38. The highest BCUT2D eigenvalue weighted by molar-refractivity contribution is 5.43. The summed E-state index contributed by atoms with van der Waals surface area (Å²) in [5.74, 6) is 1.32. The van der Waals surface area contributed by atoms with E-state index < -0.39 is 6.10 Å². The van der Waals surface area contributed by atoms with E-state index in [4.69, 9.17) is 14.2 Å². The molecule has 0 saturated carbocycles. The van der Waals surface area contributed by atoms with Gasteiger partial charge < -0.3 is 24.6 Å². The second-order valence-electron chi connectivity index (χ2n) is 8.54. The van der Waals surface area contributed by atoms with Crippen LogP contribution in [0.5, 0.6) is 11.5 Å². The molecule has 1 heterocycles. The largest absolute Gasteiger partial charge is 0.493 e. The second-order valence-corrected chi connectivity index (χ2v) is 8.54. The zero-order valence-corrected chi connectivity index (χ0v) is 18.3. The fourth-order valence-electron chi connectivity index (χ4n) is 3.56. The maximum absolute atomic E-state index is 10.4. The summed E-state index contributed by atoms with van der Waals surface area (Å²) < 4.78 is 16.6. The van der Waals surface area contributed by atoms with Gasteiger partial charge in [-0.2, -0.15) is 0 Å². The van der Waals surface area contributed by atoms with Crippen LogP contribution in [-0.2, 0) is 17.8 Å². The summed E-state index contributed by atoms with van der Waals surface area (Å²) >= 11 is 0. The van der Waals surface area contributed by atoms with Gasteiger partial charge in [0.25, 0.3) is 0 Å². The first-order valence-electron chi connectivity index (χ1n) is 10.5. The molecule has 2 aromatic carbocycles. The van der Waals surface area contributed by atoms with E-state index in [-0.39, 0.29) is 12.0 Å². The Morgan fingerprint density at radius 1 is 1.13 bits per heavy atom. The first-order chi connectivity index (χ1) is 14.5. The number of nitrogens with zero attached hydrogens (tertiary/aromatic N) is 1. The fourth-order valence-corrected chi connectivity index (χ4v) is 3.56. The van der Waals surface area contributed by atoms with Crippen LogP contribution in [0.15, 0.2) is 48.5 Å². The van der Waals surface area contributed by atoms with Crippen molar-refractivity contribution >= 4 is 0 Å². The van der Waals surface area contributed by atoms with Gasteiger partial charge in [-0.3, -0.25) is 4.90 Å². The maximum atomic E-state index is 10.4. The molecule has 0 unspecified atom stereocenters. The van der Waals surface area contributed by atoms with E-state index >= 15 is 0 Å². The van der Waals surface area contributed by atoms with Crippen LogP contribution in [0.2, 0.25) is 0 Å². The molecule has 2 aromatic rings. The molecule has 0 aromatic heterocycles. The zero-order valence-electron chi connectivity index (χ0n) is 18.3. The van der Waals surface area contributed by atoms with Gasteiger partial charge in [-0.25, -0.2) is 0 Å². The molecule has 164 valence electrons. The predicted molar refractivity (Wildman–Crippen MR) is 118 cm³/mol. The molecule has 0 bridgehead atoms. The molecular formula is C24H34N2O4. The fraction of sp³-hybridized carbons (Fsp3) is 0.500. The average Bonchev–Trinajstić information content (AvgIpc) is 2.71. The maximum Gasteiger partial charge on any atom is 0.161 e. The SMILES string of the molecule is COc1ccc(CNCC2(C)COC2)cc1OC[C@@H](O)CN(C)Cc1ccccc1. The number of ether oxygens (including phenoxy) is 3. The van der Waals surface area contributed by atoms with Crippen LogP contribution in [0.4, 0.5) is 0 Å². The van der Waals surface area contributed by atoms with Gasteiger partial charge in [0.05, 0.1) is 20.3 Å². The van der Waals surface area contributed by atoms with Gasteiger partial charge in [0.15, 0.2) is 11.5 Å². The third-order valence-electron chi connectivity index (χ3n) is 5.26. The molecule has 1 fully saturated rings. The lowest BCUT2D eigenvalue weighted by atomic mass is 9.89. The van der Waals surface area contributed by atoms with Crippen LogP contribution in [0.25, 0.3) is 0 Å². The summed E-state index contributed by atoms with van der Waals surface area (Å²) in [7, 11) is 3.62. The van der Waals surface area contributed by atoms with E-state index in [1.807, 2.05) is 43.4 Å². The molecule has 3 rings (SSSR count). The quantitative estimate of drug-likeness (QED) is 0.557. The van der Waals surface area contributed by atoms with Crippen LogP contribution in [-0.4, -0.2) is 63.2 Å². The highest BCUT2D eigenvalue weighted by Crippen LogP contribution is 2.29. The summed E-state index contributed by atoms with van der Waals surface area (Å²) in [6.45, 7) is 7.04. The molecule has 1 aliphatic rings.